The van der Waals surface area contributed by atoms with Crippen LogP contribution in [-0.4, -0.2) is 32.3 Å². The number of halogens is 1. The third-order valence-electron chi connectivity index (χ3n) is 4.36. The Kier molecular flexibility index (Phi) is 3.86. The van der Waals surface area contributed by atoms with E-state index in [1.807, 2.05) is 19.2 Å². The highest BCUT2D eigenvalue weighted by Crippen LogP contribution is 2.33. The number of rotatable bonds is 3. The van der Waals surface area contributed by atoms with Crippen molar-refractivity contribution in [3.63, 3.8) is 0 Å². The van der Waals surface area contributed by atoms with Crippen LogP contribution in [0.25, 0.3) is 5.52 Å². The number of aromatic nitrogens is 2. The number of nitrogens with one attached hydrogen (secondary N) is 1. The van der Waals surface area contributed by atoms with E-state index in [9.17, 15) is 9.90 Å². The van der Waals surface area contributed by atoms with Gasteiger partial charge in [-0.25, -0.2) is 4.52 Å². The van der Waals surface area contributed by atoms with Crippen molar-refractivity contribution in [3.8, 4) is 0 Å². The van der Waals surface area contributed by atoms with Gasteiger partial charge in [-0.1, -0.05) is 12.8 Å². The van der Waals surface area contributed by atoms with Crippen LogP contribution >= 0.6 is 15.9 Å². The molecule has 1 aliphatic carbocycles. The predicted octanol–water partition coefficient (Wildman–Crippen LogP) is 2.30. The molecule has 118 valence electrons. The standard InChI is InChI=1S/C15H19BrN4O2/c1-15(22)5-3-2-4-12(15)19-13-10(14(17)21)7-18-20-8-9(16)6-11(13)20/h6-8,12,19,22H,2-5H2,1H3,(H2,17,21). The summed E-state index contributed by atoms with van der Waals surface area (Å²) in [4.78, 5) is 11.7. The Morgan fingerprint density at radius 3 is 3.05 bits per heavy atom. The number of nitrogens with zero attached hydrogens (tertiary/aromatic N) is 2. The van der Waals surface area contributed by atoms with Gasteiger partial charge in [-0.2, -0.15) is 5.10 Å². The minimum absolute atomic E-state index is 0.126. The quantitative estimate of drug-likeness (QED) is 0.776. The first kappa shape index (κ1) is 15.3. The molecular formula is C15H19BrN4O2. The van der Waals surface area contributed by atoms with Gasteiger partial charge >= 0.3 is 0 Å². The molecule has 1 amide bonds. The van der Waals surface area contributed by atoms with Gasteiger partial charge < -0.3 is 16.2 Å². The molecule has 3 rings (SSSR count). The summed E-state index contributed by atoms with van der Waals surface area (Å²) in [5.41, 5.74) is 6.39. The minimum atomic E-state index is -0.808. The molecule has 2 unspecified atom stereocenters. The van der Waals surface area contributed by atoms with Crippen LogP contribution in [0, 0.1) is 0 Å². The zero-order valence-corrected chi connectivity index (χ0v) is 13.9. The SMILES string of the molecule is CC1(O)CCCCC1Nc1c(C(N)=O)cnn2cc(Br)cc12. The van der Waals surface area contributed by atoms with Gasteiger partial charge in [0.05, 0.1) is 34.6 Å². The molecule has 1 saturated carbocycles. The highest BCUT2D eigenvalue weighted by atomic mass is 79.9. The number of carbonyl (C=O) groups excluding carboxylic acids is 1. The highest BCUT2D eigenvalue weighted by Gasteiger charge is 2.35. The summed E-state index contributed by atoms with van der Waals surface area (Å²) in [7, 11) is 0. The molecule has 0 saturated heterocycles. The molecule has 1 fully saturated rings. The zero-order valence-electron chi connectivity index (χ0n) is 12.3. The van der Waals surface area contributed by atoms with E-state index in [0.29, 0.717) is 11.3 Å². The fraction of sp³-hybridized carbons (Fsp3) is 0.467. The lowest BCUT2D eigenvalue weighted by molar-refractivity contribution is 0.0106. The average molecular weight is 367 g/mol. The second kappa shape index (κ2) is 5.55. The van der Waals surface area contributed by atoms with E-state index in [4.69, 9.17) is 5.73 Å². The van der Waals surface area contributed by atoms with Crippen molar-refractivity contribution in [3.05, 3.63) is 28.5 Å². The van der Waals surface area contributed by atoms with E-state index in [0.717, 1.165) is 35.7 Å². The van der Waals surface area contributed by atoms with Crippen LogP contribution in [0.5, 0.6) is 0 Å². The summed E-state index contributed by atoms with van der Waals surface area (Å²) in [5.74, 6) is -0.537. The molecule has 0 bridgehead atoms. The van der Waals surface area contributed by atoms with Gasteiger partial charge in [-0.15, -0.1) is 0 Å². The number of amides is 1. The number of aliphatic hydroxyl groups is 1. The van der Waals surface area contributed by atoms with Crippen LogP contribution in [0.2, 0.25) is 0 Å². The highest BCUT2D eigenvalue weighted by molar-refractivity contribution is 9.10. The van der Waals surface area contributed by atoms with Gasteiger partial charge in [0.25, 0.3) is 5.91 Å². The summed E-state index contributed by atoms with van der Waals surface area (Å²) in [6.45, 7) is 1.83. The van der Waals surface area contributed by atoms with Gasteiger partial charge in [-0.3, -0.25) is 4.79 Å². The number of carbonyl (C=O) groups is 1. The van der Waals surface area contributed by atoms with Crippen molar-refractivity contribution in [1.29, 1.82) is 0 Å². The molecule has 6 nitrogen and oxygen atoms in total. The van der Waals surface area contributed by atoms with Crippen molar-refractivity contribution in [2.75, 3.05) is 5.32 Å². The van der Waals surface area contributed by atoms with E-state index in [1.165, 1.54) is 6.20 Å². The molecule has 2 aromatic rings. The van der Waals surface area contributed by atoms with Crippen molar-refractivity contribution in [2.24, 2.45) is 5.73 Å². The van der Waals surface area contributed by atoms with Crippen molar-refractivity contribution >= 4 is 33.0 Å². The van der Waals surface area contributed by atoms with Crippen LogP contribution in [0.3, 0.4) is 0 Å². The molecule has 0 radical (unpaired) electrons. The van der Waals surface area contributed by atoms with Crippen molar-refractivity contribution in [1.82, 2.24) is 9.61 Å². The lowest BCUT2D eigenvalue weighted by Crippen LogP contribution is -2.47. The Labute approximate surface area is 136 Å². The van der Waals surface area contributed by atoms with Gasteiger partial charge in [0, 0.05) is 10.7 Å². The number of anilines is 1. The normalized spacial score (nSPS) is 25.3. The van der Waals surface area contributed by atoms with Crippen LogP contribution < -0.4 is 11.1 Å². The molecule has 0 aromatic carbocycles. The second-order valence-electron chi connectivity index (χ2n) is 6.09. The largest absolute Gasteiger partial charge is 0.388 e. The summed E-state index contributed by atoms with van der Waals surface area (Å²) in [5, 5.41) is 18.1. The molecule has 2 aromatic heterocycles. The Balaban J connectivity index is 2.07. The molecule has 1 aliphatic rings. The first-order valence-corrected chi connectivity index (χ1v) is 8.13. The van der Waals surface area contributed by atoms with Crippen LogP contribution in [0.1, 0.15) is 43.0 Å². The number of hydrogen-bond acceptors (Lipinski definition) is 4. The Morgan fingerprint density at radius 2 is 2.36 bits per heavy atom. The van der Waals surface area contributed by atoms with Gasteiger partial charge in [0.2, 0.25) is 0 Å². The molecule has 7 heteroatoms. The smallest absolute Gasteiger partial charge is 0.252 e. The van der Waals surface area contributed by atoms with Gasteiger partial charge in [0.15, 0.2) is 0 Å². The first-order valence-electron chi connectivity index (χ1n) is 7.34. The molecular weight excluding hydrogens is 348 g/mol. The second-order valence-corrected chi connectivity index (χ2v) is 7.00. The Hall–Kier alpha value is -1.60. The third kappa shape index (κ3) is 2.70. The lowest BCUT2D eigenvalue weighted by atomic mass is 9.81. The van der Waals surface area contributed by atoms with E-state index in [2.05, 4.69) is 26.3 Å². The maximum atomic E-state index is 11.7. The van der Waals surface area contributed by atoms with Crippen molar-refractivity contribution < 1.29 is 9.90 Å². The summed E-state index contributed by atoms with van der Waals surface area (Å²) < 4.78 is 2.54. The predicted molar refractivity (Wildman–Crippen MR) is 87.9 cm³/mol. The number of primary amides is 1. The summed E-state index contributed by atoms with van der Waals surface area (Å²) in [6.07, 6.45) is 6.91. The van der Waals surface area contributed by atoms with E-state index >= 15 is 0 Å². The van der Waals surface area contributed by atoms with E-state index in [-0.39, 0.29) is 6.04 Å². The number of hydrogen-bond donors (Lipinski definition) is 3. The summed E-state index contributed by atoms with van der Waals surface area (Å²) in [6, 6.07) is 1.75. The average Bonchev–Trinajstić information content (AvgIpc) is 2.81. The molecule has 2 atom stereocenters. The monoisotopic (exact) mass is 366 g/mol. The molecule has 22 heavy (non-hydrogen) atoms. The van der Waals surface area contributed by atoms with Crippen LogP contribution in [0.4, 0.5) is 5.69 Å². The molecule has 0 aliphatic heterocycles. The maximum Gasteiger partial charge on any atom is 0.252 e. The summed E-state index contributed by atoms with van der Waals surface area (Å²) >= 11 is 3.41. The molecule has 4 N–H and O–H groups in total. The van der Waals surface area contributed by atoms with E-state index in [1.54, 1.807) is 4.52 Å². The van der Waals surface area contributed by atoms with E-state index < -0.39 is 11.5 Å². The maximum absolute atomic E-state index is 11.7. The topological polar surface area (TPSA) is 92.6 Å². The Morgan fingerprint density at radius 1 is 1.59 bits per heavy atom. The van der Waals surface area contributed by atoms with Crippen molar-refractivity contribution in [2.45, 2.75) is 44.2 Å². The van der Waals surface area contributed by atoms with Gasteiger partial charge in [-0.05, 0) is 41.8 Å². The molecule has 2 heterocycles. The fourth-order valence-electron chi connectivity index (χ4n) is 3.08. The zero-order chi connectivity index (χ0) is 15.9. The third-order valence-corrected chi connectivity index (χ3v) is 4.80. The Bertz CT molecular complexity index is 726. The first-order chi connectivity index (χ1) is 10.4. The minimum Gasteiger partial charge on any atom is -0.388 e. The lowest BCUT2D eigenvalue weighted by Gasteiger charge is -2.38. The van der Waals surface area contributed by atoms with Gasteiger partial charge in [0.1, 0.15) is 0 Å². The van der Waals surface area contributed by atoms with Crippen LogP contribution in [-0.2, 0) is 0 Å². The molecule has 0 spiro atoms. The van der Waals surface area contributed by atoms with Crippen LogP contribution in [0.15, 0.2) is 22.9 Å². The number of nitrogens with two attached hydrogens (primary N) is 1. The fourth-order valence-corrected chi connectivity index (χ4v) is 3.49. The number of fused-ring (bicyclic) bond motifs is 1.